The van der Waals surface area contributed by atoms with Crippen molar-refractivity contribution in [2.45, 2.75) is 44.9 Å². The van der Waals surface area contributed by atoms with Crippen molar-refractivity contribution in [1.82, 2.24) is 5.32 Å². The Kier molecular flexibility index (Phi) is 4.64. The number of ether oxygens (including phenoxy) is 1. The van der Waals surface area contributed by atoms with Crippen LogP contribution in [0.25, 0.3) is 0 Å². The molecule has 0 heterocycles. The van der Waals surface area contributed by atoms with Crippen LogP contribution in [0.1, 0.15) is 44.9 Å². The van der Waals surface area contributed by atoms with Crippen LogP contribution in [-0.4, -0.2) is 25.7 Å². The van der Waals surface area contributed by atoms with Gasteiger partial charge in [0.15, 0.2) is 0 Å². The highest BCUT2D eigenvalue weighted by Gasteiger charge is 2.21. The van der Waals surface area contributed by atoms with Gasteiger partial charge in [0.2, 0.25) is 5.91 Å². The maximum absolute atomic E-state index is 11.5. The standard InChI is InChI=1S/C13H23NO2/c15-13(10-16-9-12-6-7-12)14-8-11-4-2-1-3-5-11/h11-12H,1-10H2,(H,14,15). The van der Waals surface area contributed by atoms with Crippen LogP contribution in [0, 0.1) is 11.8 Å². The van der Waals surface area contributed by atoms with Gasteiger partial charge in [-0.05, 0) is 37.5 Å². The molecule has 0 bridgehead atoms. The van der Waals surface area contributed by atoms with Gasteiger partial charge < -0.3 is 10.1 Å². The van der Waals surface area contributed by atoms with Gasteiger partial charge in [-0.2, -0.15) is 0 Å². The number of amides is 1. The summed E-state index contributed by atoms with van der Waals surface area (Å²) in [6, 6.07) is 0. The lowest BCUT2D eigenvalue weighted by Gasteiger charge is -2.21. The molecule has 0 unspecified atom stereocenters. The number of hydrogen-bond donors (Lipinski definition) is 1. The molecule has 3 nitrogen and oxygen atoms in total. The maximum Gasteiger partial charge on any atom is 0.246 e. The van der Waals surface area contributed by atoms with E-state index < -0.39 is 0 Å². The Morgan fingerprint density at radius 3 is 2.50 bits per heavy atom. The Hall–Kier alpha value is -0.570. The summed E-state index contributed by atoms with van der Waals surface area (Å²) in [5.74, 6) is 1.51. The number of nitrogens with one attached hydrogen (secondary N) is 1. The molecule has 2 saturated carbocycles. The first-order valence-corrected chi connectivity index (χ1v) is 6.69. The summed E-state index contributed by atoms with van der Waals surface area (Å²) in [6.45, 7) is 1.88. The fourth-order valence-corrected chi connectivity index (χ4v) is 2.30. The molecule has 0 aromatic rings. The average molecular weight is 225 g/mol. The lowest BCUT2D eigenvalue weighted by molar-refractivity contribution is -0.126. The van der Waals surface area contributed by atoms with Gasteiger partial charge >= 0.3 is 0 Å². The number of carbonyl (C=O) groups excluding carboxylic acids is 1. The second-order valence-corrected chi connectivity index (χ2v) is 5.27. The molecule has 2 aliphatic rings. The highest BCUT2D eigenvalue weighted by molar-refractivity contribution is 5.77. The van der Waals surface area contributed by atoms with Crippen molar-refractivity contribution in [3.63, 3.8) is 0 Å². The minimum atomic E-state index is 0.0613. The fourth-order valence-electron chi connectivity index (χ4n) is 2.30. The molecule has 0 aliphatic heterocycles. The highest BCUT2D eigenvalue weighted by atomic mass is 16.5. The van der Waals surface area contributed by atoms with Crippen molar-refractivity contribution in [3.05, 3.63) is 0 Å². The minimum absolute atomic E-state index is 0.0613. The van der Waals surface area contributed by atoms with Gasteiger partial charge in [-0.15, -0.1) is 0 Å². The van der Waals surface area contributed by atoms with Crippen LogP contribution in [0.3, 0.4) is 0 Å². The minimum Gasteiger partial charge on any atom is -0.371 e. The fraction of sp³-hybridized carbons (Fsp3) is 0.923. The van der Waals surface area contributed by atoms with E-state index in [9.17, 15) is 4.79 Å². The topological polar surface area (TPSA) is 38.3 Å². The summed E-state index contributed by atoms with van der Waals surface area (Å²) < 4.78 is 5.35. The summed E-state index contributed by atoms with van der Waals surface area (Å²) in [7, 11) is 0. The summed E-state index contributed by atoms with van der Waals surface area (Å²) in [5, 5.41) is 2.98. The Morgan fingerprint density at radius 1 is 1.06 bits per heavy atom. The van der Waals surface area contributed by atoms with Crippen molar-refractivity contribution in [3.8, 4) is 0 Å². The quantitative estimate of drug-likeness (QED) is 0.752. The molecule has 2 aliphatic carbocycles. The van der Waals surface area contributed by atoms with E-state index in [0.29, 0.717) is 5.92 Å². The van der Waals surface area contributed by atoms with Crippen molar-refractivity contribution in [1.29, 1.82) is 0 Å². The third-order valence-corrected chi connectivity index (χ3v) is 3.60. The second-order valence-electron chi connectivity index (χ2n) is 5.27. The van der Waals surface area contributed by atoms with Crippen molar-refractivity contribution >= 4 is 5.91 Å². The smallest absolute Gasteiger partial charge is 0.246 e. The summed E-state index contributed by atoms with van der Waals surface area (Å²) in [6.07, 6.45) is 9.16. The first kappa shape index (κ1) is 11.9. The summed E-state index contributed by atoms with van der Waals surface area (Å²) in [4.78, 5) is 11.5. The van der Waals surface area contributed by atoms with E-state index in [1.807, 2.05) is 0 Å². The van der Waals surface area contributed by atoms with Crippen LogP contribution in [0.4, 0.5) is 0 Å². The zero-order valence-corrected chi connectivity index (χ0v) is 10.0. The molecule has 0 spiro atoms. The van der Waals surface area contributed by atoms with Crippen LogP contribution >= 0.6 is 0 Å². The maximum atomic E-state index is 11.5. The Labute approximate surface area is 97.9 Å². The van der Waals surface area contributed by atoms with E-state index >= 15 is 0 Å². The molecular formula is C13H23NO2. The van der Waals surface area contributed by atoms with E-state index in [1.165, 1.54) is 44.9 Å². The van der Waals surface area contributed by atoms with Gasteiger partial charge in [0.25, 0.3) is 0 Å². The zero-order valence-electron chi connectivity index (χ0n) is 10.0. The second kappa shape index (κ2) is 6.24. The van der Waals surface area contributed by atoms with Crippen LogP contribution in [0.2, 0.25) is 0 Å². The lowest BCUT2D eigenvalue weighted by atomic mass is 9.89. The SMILES string of the molecule is O=C(COCC1CC1)NCC1CCCCC1. The van der Waals surface area contributed by atoms with Crippen LogP contribution < -0.4 is 5.32 Å². The van der Waals surface area contributed by atoms with Crippen molar-refractivity contribution in [2.75, 3.05) is 19.8 Å². The molecule has 0 aromatic carbocycles. The van der Waals surface area contributed by atoms with Crippen molar-refractivity contribution < 1.29 is 9.53 Å². The Morgan fingerprint density at radius 2 is 1.81 bits per heavy atom. The molecule has 0 atom stereocenters. The molecule has 1 amide bonds. The summed E-state index contributed by atoms with van der Waals surface area (Å²) in [5.41, 5.74) is 0. The number of hydrogen-bond acceptors (Lipinski definition) is 2. The van der Waals surface area contributed by atoms with Gasteiger partial charge in [-0.25, -0.2) is 0 Å². The molecule has 0 saturated heterocycles. The van der Waals surface area contributed by atoms with E-state index in [-0.39, 0.29) is 12.5 Å². The molecule has 92 valence electrons. The summed E-state index contributed by atoms with van der Waals surface area (Å²) >= 11 is 0. The van der Waals surface area contributed by atoms with Crippen LogP contribution in [-0.2, 0) is 9.53 Å². The van der Waals surface area contributed by atoms with Crippen molar-refractivity contribution in [2.24, 2.45) is 11.8 Å². The molecule has 0 aromatic heterocycles. The normalized spacial score (nSPS) is 22.0. The lowest BCUT2D eigenvalue weighted by Crippen LogP contribution is -2.33. The van der Waals surface area contributed by atoms with Gasteiger partial charge in [-0.1, -0.05) is 19.3 Å². The van der Waals surface area contributed by atoms with Crippen LogP contribution in [0.5, 0.6) is 0 Å². The highest BCUT2D eigenvalue weighted by Crippen LogP contribution is 2.28. The van der Waals surface area contributed by atoms with Gasteiger partial charge in [0.05, 0.1) is 6.61 Å². The van der Waals surface area contributed by atoms with E-state index in [4.69, 9.17) is 4.74 Å². The average Bonchev–Trinajstić information content (AvgIpc) is 3.12. The van der Waals surface area contributed by atoms with E-state index in [0.717, 1.165) is 19.1 Å². The molecule has 16 heavy (non-hydrogen) atoms. The monoisotopic (exact) mass is 225 g/mol. The first-order chi connectivity index (χ1) is 7.84. The largest absolute Gasteiger partial charge is 0.371 e. The van der Waals surface area contributed by atoms with Gasteiger partial charge in [0.1, 0.15) is 6.61 Å². The van der Waals surface area contributed by atoms with Gasteiger partial charge in [0, 0.05) is 6.54 Å². The third-order valence-electron chi connectivity index (χ3n) is 3.60. The molecule has 2 fully saturated rings. The number of rotatable bonds is 6. The van der Waals surface area contributed by atoms with Crippen LogP contribution in [0.15, 0.2) is 0 Å². The predicted octanol–water partition coefficient (Wildman–Crippen LogP) is 2.11. The third kappa shape index (κ3) is 4.52. The molecule has 3 heteroatoms. The van der Waals surface area contributed by atoms with Gasteiger partial charge in [-0.3, -0.25) is 4.79 Å². The molecule has 0 radical (unpaired) electrons. The molecule has 1 N–H and O–H groups in total. The molecular weight excluding hydrogens is 202 g/mol. The van der Waals surface area contributed by atoms with E-state index in [2.05, 4.69) is 5.32 Å². The Balaban J connectivity index is 1.48. The molecule has 2 rings (SSSR count). The zero-order chi connectivity index (χ0) is 11.2. The number of carbonyl (C=O) groups is 1. The van der Waals surface area contributed by atoms with E-state index in [1.54, 1.807) is 0 Å². The Bertz CT molecular complexity index is 220. The first-order valence-electron chi connectivity index (χ1n) is 6.69. The predicted molar refractivity (Wildman–Crippen MR) is 63.1 cm³/mol.